The van der Waals surface area contributed by atoms with Gasteiger partial charge in [-0.15, -0.1) is 0 Å². The lowest BCUT2D eigenvalue weighted by atomic mass is 10.3. The minimum Gasteiger partial charge on any atom is -0.493 e. The molecular weight excluding hydrogens is 403 g/mol. The summed E-state index contributed by atoms with van der Waals surface area (Å²) in [7, 11) is -2.41. The van der Waals surface area contributed by atoms with Crippen LogP contribution in [-0.2, 0) is 10.0 Å². The molecule has 5 nitrogen and oxygen atoms in total. The van der Waals surface area contributed by atoms with Crippen molar-refractivity contribution >= 4 is 54.8 Å². The van der Waals surface area contributed by atoms with E-state index in [1.54, 1.807) is 6.07 Å². The second-order valence-corrected chi connectivity index (χ2v) is 7.25. The van der Waals surface area contributed by atoms with Gasteiger partial charge in [-0.2, -0.15) is 0 Å². The number of nitrogens with one attached hydrogen (secondary N) is 1. The SMILES string of the molecule is COc1c(Br)cc(Cl)cc1NS(=O)(=O)c1ccnc(Cl)c1. The molecule has 0 aliphatic carbocycles. The van der Waals surface area contributed by atoms with E-state index >= 15 is 0 Å². The minimum atomic E-state index is -3.84. The van der Waals surface area contributed by atoms with Crippen LogP contribution in [0.2, 0.25) is 10.2 Å². The van der Waals surface area contributed by atoms with Crippen molar-refractivity contribution in [3.8, 4) is 5.75 Å². The smallest absolute Gasteiger partial charge is 0.262 e. The molecular formula is C12H9BrCl2N2O3S. The molecule has 2 rings (SSSR count). The van der Waals surface area contributed by atoms with E-state index in [2.05, 4.69) is 25.6 Å². The summed E-state index contributed by atoms with van der Waals surface area (Å²) in [6.07, 6.45) is 1.31. The zero-order valence-electron chi connectivity index (χ0n) is 10.6. The third kappa shape index (κ3) is 3.79. The maximum Gasteiger partial charge on any atom is 0.262 e. The first-order chi connectivity index (χ1) is 9.83. The number of hydrogen-bond donors (Lipinski definition) is 1. The van der Waals surface area contributed by atoms with Gasteiger partial charge in [0, 0.05) is 11.2 Å². The molecule has 1 aromatic heterocycles. The highest BCUT2D eigenvalue weighted by atomic mass is 79.9. The average molecular weight is 412 g/mol. The number of hydrogen-bond acceptors (Lipinski definition) is 4. The van der Waals surface area contributed by atoms with Crippen LogP contribution in [0.4, 0.5) is 5.69 Å². The summed E-state index contributed by atoms with van der Waals surface area (Å²) in [6, 6.07) is 5.63. The van der Waals surface area contributed by atoms with Gasteiger partial charge in [-0.1, -0.05) is 23.2 Å². The lowest BCUT2D eigenvalue weighted by Crippen LogP contribution is -2.14. The predicted molar refractivity (Wildman–Crippen MR) is 85.8 cm³/mol. The molecule has 21 heavy (non-hydrogen) atoms. The van der Waals surface area contributed by atoms with Crippen molar-refractivity contribution in [3.63, 3.8) is 0 Å². The molecule has 0 saturated carbocycles. The second kappa shape index (κ2) is 6.39. The summed E-state index contributed by atoms with van der Waals surface area (Å²) in [6.45, 7) is 0. The summed E-state index contributed by atoms with van der Waals surface area (Å²) >= 11 is 14.9. The van der Waals surface area contributed by atoms with Crippen LogP contribution in [0.15, 0.2) is 39.8 Å². The number of nitrogens with zero attached hydrogens (tertiary/aromatic N) is 1. The quantitative estimate of drug-likeness (QED) is 0.773. The number of ether oxygens (including phenoxy) is 1. The second-order valence-electron chi connectivity index (χ2n) is 3.89. The van der Waals surface area contributed by atoms with E-state index in [-0.39, 0.29) is 15.7 Å². The number of methoxy groups -OCH3 is 1. The zero-order valence-corrected chi connectivity index (χ0v) is 14.5. The Hall–Kier alpha value is -1.02. The Labute approximate surface area is 140 Å². The molecule has 0 saturated heterocycles. The molecule has 9 heteroatoms. The maximum absolute atomic E-state index is 12.3. The zero-order chi connectivity index (χ0) is 15.6. The normalized spacial score (nSPS) is 11.2. The Balaban J connectivity index is 2.46. The number of sulfonamides is 1. The molecule has 0 bridgehead atoms. The lowest BCUT2D eigenvalue weighted by molar-refractivity contribution is 0.414. The summed E-state index contributed by atoms with van der Waals surface area (Å²) in [4.78, 5) is 3.73. The Morgan fingerprint density at radius 2 is 2.00 bits per heavy atom. The van der Waals surface area contributed by atoms with E-state index in [9.17, 15) is 8.42 Å². The number of rotatable bonds is 4. The summed E-state index contributed by atoms with van der Waals surface area (Å²) < 4.78 is 32.8. The van der Waals surface area contributed by atoms with Gasteiger partial charge in [-0.05, 0) is 40.2 Å². The summed E-state index contributed by atoms with van der Waals surface area (Å²) in [5, 5.41) is 0.435. The number of pyridine rings is 1. The van der Waals surface area contributed by atoms with Crippen LogP contribution in [0.1, 0.15) is 0 Å². The molecule has 0 amide bonds. The number of anilines is 1. The van der Waals surface area contributed by atoms with Crippen molar-refractivity contribution in [1.82, 2.24) is 4.98 Å². The fourth-order valence-electron chi connectivity index (χ4n) is 1.60. The largest absolute Gasteiger partial charge is 0.493 e. The van der Waals surface area contributed by atoms with Crippen molar-refractivity contribution in [2.45, 2.75) is 4.90 Å². The van der Waals surface area contributed by atoms with E-state index in [0.717, 1.165) is 0 Å². The van der Waals surface area contributed by atoms with E-state index < -0.39 is 10.0 Å². The molecule has 1 N–H and O–H groups in total. The summed E-state index contributed by atoms with van der Waals surface area (Å²) in [5.74, 6) is 0.322. The van der Waals surface area contributed by atoms with Crippen LogP contribution < -0.4 is 9.46 Å². The molecule has 0 radical (unpaired) electrons. The highest BCUT2D eigenvalue weighted by Gasteiger charge is 2.19. The highest BCUT2D eigenvalue weighted by molar-refractivity contribution is 9.10. The molecule has 2 aromatic rings. The van der Waals surface area contributed by atoms with E-state index in [1.807, 2.05) is 0 Å². The van der Waals surface area contributed by atoms with Crippen LogP contribution in [0.5, 0.6) is 5.75 Å². The van der Waals surface area contributed by atoms with Crippen LogP contribution in [0, 0.1) is 0 Å². The van der Waals surface area contributed by atoms with Gasteiger partial charge >= 0.3 is 0 Å². The number of halogens is 3. The molecule has 0 aliphatic rings. The monoisotopic (exact) mass is 410 g/mol. The van der Waals surface area contributed by atoms with Gasteiger partial charge in [0.2, 0.25) is 0 Å². The molecule has 0 aliphatic heterocycles. The van der Waals surface area contributed by atoms with Crippen LogP contribution in [-0.4, -0.2) is 20.5 Å². The highest BCUT2D eigenvalue weighted by Crippen LogP contribution is 2.37. The van der Waals surface area contributed by atoms with Crippen molar-refractivity contribution in [2.75, 3.05) is 11.8 Å². The molecule has 1 heterocycles. The molecule has 0 unspecified atom stereocenters. The standard InChI is InChI=1S/C12H9BrCl2N2O3S/c1-20-12-9(13)4-7(14)5-10(12)17-21(18,19)8-2-3-16-11(15)6-8/h2-6,17H,1H3. The van der Waals surface area contributed by atoms with Gasteiger partial charge in [0.1, 0.15) is 5.15 Å². The first kappa shape index (κ1) is 16.4. The van der Waals surface area contributed by atoms with E-state index in [0.29, 0.717) is 15.2 Å². The molecule has 0 fully saturated rings. The topological polar surface area (TPSA) is 68.3 Å². The first-order valence-electron chi connectivity index (χ1n) is 5.51. The predicted octanol–water partition coefficient (Wildman–Crippen LogP) is 3.96. The fourth-order valence-corrected chi connectivity index (χ4v) is 3.88. The Bertz CT molecular complexity index is 784. The van der Waals surface area contributed by atoms with Crippen molar-refractivity contribution in [1.29, 1.82) is 0 Å². The number of aromatic nitrogens is 1. The van der Waals surface area contributed by atoms with Gasteiger partial charge in [-0.25, -0.2) is 13.4 Å². The minimum absolute atomic E-state index is 0.0133. The van der Waals surface area contributed by atoms with Crippen LogP contribution in [0.3, 0.4) is 0 Å². The lowest BCUT2D eigenvalue weighted by Gasteiger charge is -2.13. The van der Waals surface area contributed by atoms with Crippen molar-refractivity contribution in [3.05, 3.63) is 45.1 Å². The fraction of sp³-hybridized carbons (Fsp3) is 0.0833. The van der Waals surface area contributed by atoms with E-state index in [1.165, 1.54) is 31.5 Å². The Morgan fingerprint density at radius 3 is 2.62 bits per heavy atom. The number of benzene rings is 1. The molecule has 112 valence electrons. The van der Waals surface area contributed by atoms with E-state index in [4.69, 9.17) is 27.9 Å². The summed E-state index contributed by atoms with van der Waals surface area (Å²) in [5.41, 5.74) is 0.213. The van der Waals surface area contributed by atoms with Gasteiger partial charge in [0.25, 0.3) is 10.0 Å². The average Bonchev–Trinajstić information content (AvgIpc) is 2.37. The van der Waals surface area contributed by atoms with Crippen molar-refractivity contribution in [2.24, 2.45) is 0 Å². The third-order valence-corrected chi connectivity index (χ3v) is 4.84. The van der Waals surface area contributed by atoms with Crippen LogP contribution >= 0.6 is 39.1 Å². The van der Waals surface area contributed by atoms with Gasteiger partial charge in [0.15, 0.2) is 5.75 Å². The Kier molecular flexibility index (Phi) is 4.98. The molecule has 0 spiro atoms. The third-order valence-electron chi connectivity index (χ3n) is 2.47. The maximum atomic E-state index is 12.3. The van der Waals surface area contributed by atoms with Gasteiger partial charge in [0.05, 0.1) is 22.2 Å². The van der Waals surface area contributed by atoms with Gasteiger partial charge in [-0.3, -0.25) is 4.72 Å². The molecule has 1 aromatic carbocycles. The van der Waals surface area contributed by atoms with Crippen LogP contribution in [0.25, 0.3) is 0 Å². The molecule has 0 atom stereocenters. The van der Waals surface area contributed by atoms with Gasteiger partial charge < -0.3 is 4.74 Å². The van der Waals surface area contributed by atoms with Crippen molar-refractivity contribution < 1.29 is 13.2 Å². The first-order valence-corrected chi connectivity index (χ1v) is 8.54. The Morgan fingerprint density at radius 1 is 1.29 bits per heavy atom.